The summed E-state index contributed by atoms with van der Waals surface area (Å²) in [7, 11) is 2.16. The summed E-state index contributed by atoms with van der Waals surface area (Å²) in [6.45, 7) is 15.0. The van der Waals surface area contributed by atoms with Crippen molar-refractivity contribution < 1.29 is 42.7 Å². The highest BCUT2D eigenvalue weighted by atomic mass is 19.1. The highest BCUT2D eigenvalue weighted by Gasteiger charge is 2.39. The number of ether oxygens (including phenoxy) is 3. The number of alkyl halides is 1. The van der Waals surface area contributed by atoms with Crippen LogP contribution in [-0.4, -0.2) is 107 Å². The van der Waals surface area contributed by atoms with E-state index in [1.54, 1.807) is 31.4 Å². The summed E-state index contributed by atoms with van der Waals surface area (Å²) in [6.07, 6.45) is 1.90. The molecule has 0 bridgehead atoms. The Hall–Kier alpha value is -5.34. The number of carbonyl (C=O) groups is 3. The fraction of sp³-hybridized carbons (Fsp3) is 0.452. The molecule has 7 rings (SSSR count). The number of imidazole rings is 1. The van der Waals surface area contributed by atoms with Crippen molar-refractivity contribution in [3.8, 4) is 11.5 Å². The van der Waals surface area contributed by atoms with Crippen LogP contribution in [0.5, 0.6) is 11.5 Å². The van der Waals surface area contributed by atoms with Gasteiger partial charge >= 0.3 is 0 Å². The van der Waals surface area contributed by atoms with Crippen LogP contribution in [0.15, 0.2) is 66.9 Å². The molecule has 0 atom stereocenters. The van der Waals surface area contributed by atoms with E-state index < -0.39 is 0 Å². The van der Waals surface area contributed by atoms with Crippen LogP contribution < -0.4 is 14.0 Å². The van der Waals surface area contributed by atoms with Crippen molar-refractivity contribution in [2.75, 3.05) is 60.3 Å². The summed E-state index contributed by atoms with van der Waals surface area (Å²) in [5.41, 5.74) is 4.67. The van der Waals surface area contributed by atoms with Gasteiger partial charge in [0, 0.05) is 63.6 Å². The minimum absolute atomic E-state index is 0.0530. The second-order valence-electron chi connectivity index (χ2n) is 14.0. The number of allylic oxidation sites excluding steroid dienone is 1. The predicted molar refractivity (Wildman–Crippen MR) is 209 cm³/mol. The van der Waals surface area contributed by atoms with Gasteiger partial charge in [-0.3, -0.25) is 33.6 Å². The van der Waals surface area contributed by atoms with Crippen LogP contribution in [0.3, 0.4) is 0 Å². The number of methoxy groups -OCH3 is 1. The number of carbonyl (C=O) groups excluding carboxylic acids is 3. The van der Waals surface area contributed by atoms with Crippen molar-refractivity contribution in [1.82, 2.24) is 24.3 Å². The van der Waals surface area contributed by atoms with Gasteiger partial charge in [0.1, 0.15) is 18.0 Å². The van der Waals surface area contributed by atoms with E-state index >= 15 is 0 Å². The van der Waals surface area contributed by atoms with E-state index in [0.29, 0.717) is 56.2 Å². The highest BCUT2D eigenvalue weighted by Crippen LogP contribution is 2.28. The summed E-state index contributed by atoms with van der Waals surface area (Å²) in [4.78, 5) is 50.2. The molecule has 0 aliphatic carbocycles. The average molecular weight is 774 g/mol. The lowest BCUT2D eigenvalue weighted by molar-refractivity contribution is -0.687. The molecular formula is C42H54FN6O7+. The van der Waals surface area contributed by atoms with Gasteiger partial charge in [0.15, 0.2) is 17.6 Å². The Bertz CT molecular complexity index is 1980. The summed E-state index contributed by atoms with van der Waals surface area (Å²) in [6, 6.07) is 16.8. The first kappa shape index (κ1) is 41.8. The minimum atomic E-state index is -0.272. The first-order valence-electron chi connectivity index (χ1n) is 19.0. The Kier molecular flexibility index (Phi) is 14.6. The Labute approximate surface area is 327 Å². The Morgan fingerprint density at radius 2 is 1.64 bits per heavy atom. The topological polar surface area (TPSA) is 131 Å². The summed E-state index contributed by atoms with van der Waals surface area (Å²) >= 11 is 0. The number of benzene rings is 2. The van der Waals surface area contributed by atoms with Gasteiger partial charge < -0.3 is 24.2 Å². The van der Waals surface area contributed by atoms with Crippen molar-refractivity contribution in [3.05, 3.63) is 95.3 Å². The zero-order chi connectivity index (χ0) is 40.4. The van der Waals surface area contributed by atoms with Crippen LogP contribution >= 0.6 is 0 Å². The molecule has 0 saturated carbocycles. The molecule has 3 aliphatic rings. The number of aromatic nitrogens is 3. The monoisotopic (exact) mass is 773 g/mol. The van der Waals surface area contributed by atoms with Gasteiger partial charge in [-0.25, -0.2) is 9.13 Å². The third-order valence-electron chi connectivity index (χ3n) is 10.2. The minimum Gasteiger partial charge on any atom is -0.513 e. The summed E-state index contributed by atoms with van der Waals surface area (Å²) in [5.74, 6) is 2.24. The lowest BCUT2D eigenvalue weighted by Crippen LogP contribution is -2.49. The number of piperazine rings is 1. The molecule has 13 nitrogen and oxygen atoms in total. The molecule has 4 aromatic rings. The van der Waals surface area contributed by atoms with Crippen LogP contribution in [0.4, 0.5) is 4.39 Å². The van der Waals surface area contributed by atoms with E-state index in [4.69, 9.17) is 19.3 Å². The molecule has 56 heavy (non-hydrogen) atoms. The number of hydrogen-bond acceptors (Lipinski definition) is 9. The fourth-order valence-electron chi connectivity index (χ4n) is 7.40. The Morgan fingerprint density at radius 1 is 1.00 bits per heavy atom. The first-order valence-corrected chi connectivity index (χ1v) is 19.0. The number of pyridine rings is 1. The normalized spacial score (nSPS) is 15.8. The van der Waals surface area contributed by atoms with Crippen LogP contribution in [0.2, 0.25) is 0 Å². The molecule has 3 aliphatic heterocycles. The van der Waals surface area contributed by atoms with E-state index in [9.17, 15) is 18.8 Å². The highest BCUT2D eigenvalue weighted by molar-refractivity contribution is 6.21. The van der Waals surface area contributed by atoms with E-state index in [2.05, 4.69) is 32.5 Å². The Balaban J connectivity index is 0.000000941. The van der Waals surface area contributed by atoms with Gasteiger partial charge in [-0.05, 0) is 70.0 Å². The number of aliphatic hydroxyl groups excluding tert-OH is 1. The molecule has 5 heterocycles. The number of aryl methyl sites for hydroxylation is 2. The molecule has 2 saturated heterocycles. The van der Waals surface area contributed by atoms with E-state index in [1.165, 1.54) is 11.8 Å². The predicted octanol–water partition coefficient (Wildman–Crippen LogP) is 5.27. The third kappa shape index (κ3) is 9.72. The van der Waals surface area contributed by atoms with Crippen molar-refractivity contribution in [1.29, 1.82) is 0 Å². The van der Waals surface area contributed by atoms with E-state index in [0.717, 1.165) is 79.7 Å². The molecule has 2 aromatic heterocycles. The number of halogens is 1. The number of fused-ring (bicyclic) bond motifs is 2. The van der Waals surface area contributed by atoms with E-state index in [-0.39, 0.29) is 36.6 Å². The molecule has 2 aromatic carbocycles. The SMILES string of the molecule is C=C(C)O.CCn1c(CN2C(=O)c3ccccc3C2=O)[n+](CC2CCOCC2)c2ccc(OCC(=O)N3CCN(Cc4nc(C)ccc4OC)CC3)cc21.CF. The number of hydrogen-bond donors (Lipinski definition) is 1. The first-order chi connectivity index (χ1) is 27.1. The lowest BCUT2D eigenvalue weighted by atomic mass is 10.0. The molecule has 2 fully saturated rings. The average Bonchev–Trinajstić information content (AvgIpc) is 3.63. The Morgan fingerprint density at radius 3 is 2.25 bits per heavy atom. The number of amides is 3. The quantitative estimate of drug-likeness (QED) is 0.123. The van der Waals surface area contributed by atoms with Gasteiger partial charge in [0.2, 0.25) is 0 Å². The van der Waals surface area contributed by atoms with Crippen molar-refractivity contribution in [2.24, 2.45) is 5.92 Å². The zero-order valence-electron chi connectivity index (χ0n) is 33.1. The number of rotatable bonds is 11. The van der Waals surface area contributed by atoms with Crippen molar-refractivity contribution in [2.45, 2.75) is 59.8 Å². The smallest absolute Gasteiger partial charge is 0.277 e. The molecular weight excluding hydrogens is 719 g/mol. The number of nitrogens with zero attached hydrogens (tertiary/aromatic N) is 6. The van der Waals surface area contributed by atoms with Gasteiger partial charge in [0.25, 0.3) is 23.5 Å². The maximum Gasteiger partial charge on any atom is 0.277 e. The molecule has 3 amide bonds. The second-order valence-corrected chi connectivity index (χ2v) is 14.0. The summed E-state index contributed by atoms with van der Waals surface area (Å²) in [5, 5.41) is 7.86. The third-order valence-corrected chi connectivity index (χ3v) is 10.2. The molecule has 0 radical (unpaired) electrons. The van der Waals surface area contributed by atoms with Gasteiger partial charge in [-0.1, -0.05) is 18.7 Å². The standard InChI is InChI=1S/C38H45N6O6.C3H6O.CH3F/c1-4-42-33-21-28(50-25-36(45)41-17-15-40(16-18-41)23-31-34(48-3)12-9-26(2)39-31)10-11-32(33)43(22-27-13-19-49-20-14-27)35(42)24-44-37(46)29-7-5-6-8-30(29)38(44)47;1-3(2)4;1-2/h5-12,21,27H,4,13-20,22-25H2,1-3H3;4H,1H2,2H3;1H3/q+1;;. The largest absolute Gasteiger partial charge is 0.513 e. The van der Waals surface area contributed by atoms with E-state index in [1.807, 2.05) is 42.2 Å². The van der Waals surface area contributed by atoms with Crippen molar-refractivity contribution in [3.63, 3.8) is 0 Å². The van der Waals surface area contributed by atoms with Crippen LogP contribution in [0.1, 0.15) is 64.6 Å². The molecule has 0 spiro atoms. The fourth-order valence-corrected chi connectivity index (χ4v) is 7.40. The maximum atomic E-state index is 13.4. The maximum absolute atomic E-state index is 13.4. The molecule has 1 N–H and O–H groups in total. The van der Waals surface area contributed by atoms with Gasteiger partial charge in [0.05, 0.1) is 50.0 Å². The summed E-state index contributed by atoms with van der Waals surface area (Å²) < 4.78 is 31.2. The number of imide groups is 1. The zero-order valence-corrected chi connectivity index (χ0v) is 33.1. The van der Waals surface area contributed by atoms with Crippen LogP contribution in [0, 0.1) is 12.8 Å². The van der Waals surface area contributed by atoms with Crippen LogP contribution in [-0.2, 0) is 35.7 Å². The molecule has 0 unspecified atom stereocenters. The molecule has 300 valence electrons. The molecule has 14 heteroatoms. The lowest BCUT2D eigenvalue weighted by Gasteiger charge is -2.34. The van der Waals surface area contributed by atoms with Gasteiger partial charge in [-0.15, -0.1) is 0 Å². The van der Waals surface area contributed by atoms with Crippen LogP contribution in [0.25, 0.3) is 11.0 Å². The number of aliphatic hydroxyl groups is 1. The second kappa shape index (κ2) is 19.5. The van der Waals surface area contributed by atoms with Crippen molar-refractivity contribution >= 4 is 28.8 Å². The van der Waals surface area contributed by atoms with Gasteiger partial charge in [-0.2, -0.15) is 0 Å².